The van der Waals surface area contributed by atoms with Gasteiger partial charge in [0.2, 0.25) is 0 Å². The van der Waals surface area contributed by atoms with Gasteiger partial charge in [-0.15, -0.1) is 0 Å². The Bertz CT molecular complexity index is 561. The first kappa shape index (κ1) is 14.7. The molecule has 0 heterocycles. The molecule has 0 saturated carbocycles. The zero-order valence-electron chi connectivity index (χ0n) is 12.5. The summed E-state index contributed by atoms with van der Waals surface area (Å²) in [7, 11) is 0. The Morgan fingerprint density at radius 1 is 0.800 bits per heavy atom. The molecular formula is C18H26N2. The van der Waals surface area contributed by atoms with Crippen LogP contribution >= 0.6 is 0 Å². The van der Waals surface area contributed by atoms with Crippen LogP contribution in [0.25, 0.3) is 10.8 Å². The lowest BCUT2D eigenvalue weighted by Gasteiger charge is -2.09. The van der Waals surface area contributed by atoms with Crippen LogP contribution < -0.4 is 11.5 Å². The molecular weight excluding hydrogens is 244 g/mol. The molecule has 108 valence electrons. The number of fused-ring (bicyclic) bond motifs is 1. The normalized spacial score (nSPS) is 11.1. The van der Waals surface area contributed by atoms with Crippen LogP contribution in [0.5, 0.6) is 0 Å². The minimum absolute atomic E-state index is 0.792. The Hall–Kier alpha value is -1.70. The molecule has 0 spiro atoms. The molecule has 2 rings (SSSR count). The van der Waals surface area contributed by atoms with Crippen molar-refractivity contribution in [3.63, 3.8) is 0 Å². The van der Waals surface area contributed by atoms with Crippen LogP contribution in [0.4, 0.5) is 11.4 Å². The third-order valence-corrected chi connectivity index (χ3v) is 3.92. The van der Waals surface area contributed by atoms with E-state index in [0.717, 1.165) is 23.2 Å². The van der Waals surface area contributed by atoms with E-state index in [1.54, 1.807) is 0 Å². The summed E-state index contributed by atoms with van der Waals surface area (Å²) in [6.45, 7) is 2.25. The van der Waals surface area contributed by atoms with Crippen LogP contribution in [0.15, 0.2) is 30.3 Å². The number of aryl methyl sites for hydroxylation is 1. The summed E-state index contributed by atoms with van der Waals surface area (Å²) < 4.78 is 0. The molecule has 2 nitrogen and oxygen atoms in total. The predicted molar refractivity (Wildman–Crippen MR) is 89.9 cm³/mol. The number of rotatable bonds is 7. The van der Waals surface area contributed by atoms with Crippen LogP contribution in [0.1, 0.15) is 51.0 Å². The highest BCUT2D eigenvalue weighted by molar-refractivity contribution is 5.89. The van der Waals surface area contributed by atoms with Crippen LogP contribution in [0.3, 0.4) is 0 Å². The first-order valence-corrected chi connectivity index (χ1v) is 7.78. The minimum atomic E-state index is 0.792. The van der Waals surface area contributed by atoms with Gasteiger partial charge in [-0.2, -0.15) is 0 Å². The molecule has 0 saturated heterocycles. The summed E-state index contributed by atoms with van der Waals surface area (Å²) in [6.07, 6.45) is 8.99. The molecule has 0 bridgehead atoms. The number of nitrogens with two attached hydrogens (primary N) is 2. The Balaban J connectivity index is 1.96. The zero-order valence-corrected chi connectivity index (χ0v) is 12.5. The van der Waals surface area contributed by atoms with Crippen molar-refractivity contribution in [2.75, 3.05) is 11.5 Å². The molecule has 0 aliphatic rings. The van der Waals surface area contributed by atoms with Gasteiger partial charge in [0, 0.05) is 11.4 Å². The molecule has 0 aliphatic carbocycles. The van der Waals surface area contributed by atoms with Gasteiger partial charge < -0.3 is 11.5 Å². The summed E-state index contributed by atoms with van der Waals surface area (Å²) in [5.41, 5.74) is 14.9. The van der Waals surface area contributed by atoms with Gasteiger partial charge in [0.05, 0.1) is 0 Å². The lowest BCUT2D eigenvalue weighted by molar-refractivity contribution is 0.608. The maximum absolute atomic E-state index is 6.16. The highest BCUT2D eigenvalue weighted by atomic mass is 14.6. The van der Waals surface area contributed by atoms with Gasteiger partial charge in [0.1, 0.15) is 0 Å². The Labute approximate surface area is 122 Å². The number of anilines is 2. The highest BCUT2D eigenvalue weighted by Crippen LogP contribution is 2.25. The average Bonchev–Trinajstić information content (AvgIpc) is 2.43. The molecule has 2 aromatic rings. The van der Waals surface area contributed by atoms with Crippen molar-refractivity contribution in [2.24, 2.45) is 0 Å². The van der Waals surface area contributed by atoms with Gasteiger partial charge in [-0.1, -0.05) is 45.1 Å². The van der Waals surface area contributed by atoms with E-state index in [1.165, 1.54) is 49.5 Å². The van der Waals surface area contributed by atoms with E-state index >= 15 is 0 Å². The monoisotopic (exact) mass is 270 g/mol. The lowest BCUT2D eigenvalue weighted by atomic mass is 9.99. The van der Waals surface area contributed by atoms with Gasteiger partial charge in [-0.3, -0.25) is 0 Å². The summed E-state index contributed by atoms with van der Waals surface area (Å²) in [6, 6.07) is 10.3. The molecule has 0 radical (unpaired) electrons. The van der Waals surface area contributed by atoms with E-state index in [-0.39, 0.29) is 0 Å². The van der Waals surface area contributed by atoms with Gasteiger partial charge in [-0.05, 0) is 53.4 Å². The Morgan fingerprint density at radius 3 is 2.35 bits per heavy atom. The second-order valence-corrected chi connectivity index (χ2v) is 5.68. The molecule has 4 N–H and O–H groups in total. The van der Waals surface area contributed by atoms with E-state index in [2.05, 4.69) is 25.1 Å². The second-order valence-electron chi connectivity index (χ2n) is 5.68. The minimum Gasteiger partial charge on any atom is -0.399 e. The van der Waals surface area contributed by atoms with Crippen molar-refractivity contribution in [2.45, 2.75) is 51.9 Å². The van der Waals surface area contributed by atoms with Crippen molar-refractivity contribution >= 4 is 22.1 Å². The van der Waals surface area contributed by atoms with E-state index in [9.17, 15) is 0 Å². The maximum Gasteiger partial charge on any atom is 0.0353 e. The van der Waals surface area contributed by atoms with Gasteiger partial charge in [0.25, 0.3) is 0 Å². The molecule has 0 fully saturated rings. The third kappa shape index (κ3) is 3.89. The number of hydrogen-bond donors (Lipinski definition) is 2. The molecule has 20 heavy (non-hydrogen) atoms. The molecule has 0 unspecified atom stereocenters. The summed E-state index contributed by atoms with van der Waals surface area (Å²) >= 11 is 0. The van der Waals surface area contributed by atoms with Gasteiger partial charge in [0.15, 0.2) is 0 Å². The van der Waals surface area contributed by atoms with Crippen LogP contribution in [0, 0.1) is 0 Å². The van der Waals surface area contributed by atoms with Crippen LogP contribution in [-0.2, 0) is 6.42 Å². The van der Waals surface area contributed by atoms with Crippen LogP contribution in [0.2, 0.25) is 0 Å². The van der Waals surface area contributed by atoms with E-state index in [4.69, 9.17) is 11.5 Å². The highest BCUT2D eigenvalue weighted by Gasteiger charge is 2.03. The maximum atomic E-state index is 6.16. The van der Waals surface area contributed by atoms with E-state index in [1.807, 2.05) is 12.1 Å². The topological polar surface area (TPSA) is 52.0 Å². The zero-order chi connectivity index (χ0) is 14.4. The van der Waals surface area contributed by atoms with Crippen molar-refractivity contribution < 1.29 is 0 Å². The molecule has 0 atom stereocenters. The summed E-state index contributed by atoms with van der Waals surface area (Å²) in [5, 5.41) is 2.36. The van der Waals surface area contributed by atoms with E-state index in [0.29, 0.717) is 0 Å². The summed E-state index contributed by atoms with van der Waals surface area (Å²) in [5.74, 6) is 0. The smallest absolute Gasteiger partial charge is 0.0353 e. The fourth-order valence-electron chi connectivity index (χ4n) is 2.69. The summed E-state index contributed by atoms with van der Waals surface area (Å²) in [4.78, 5) is 0. The van der Waals surface area contributed by atoms with Crippen LogP contribution in [-0.4, -0.2) is 0 Å². The van der Waals surface area contributed by atoms with Crippen molar-refractivity contribution in [3.05, 3.63) is 35.9 Å². The fourth-order valence-corrected chi connectivity index (χ4v) is 2.69. The van der Waals surface area contributed by atoms with Gasteiger partial charge in [-0.25, -0.2) is 0 Å². The number of unbranched alkanes of at least 4 members (excludes halogenated alkanes) is 5. The Kier molecular flexibility index (Phi) is 5.28. The molecule has 0 amide bonds. The SMILES string of the molecule is CCCCCCCCc1cc2ccc(N)cc2cc1N. The number of benzene rings is 2. The molecule has 0 aromatic heterocycles. The predicted octanol–water partition coefficient (Wildman–Crippen LogP) is 4.91. The second kappa shape index (κ2) is 7.18. The molecule has 0 aliphatic heterocycles. The number of nitrogen functional groups attached to an aromatic ring is 2. The largest absolute Gasteiger partial charge is 0.399 e. The lowest BCUT2D eigenvalue weighted by Crippen LogP contribution is -1.96. The van der Waals surface area contributed by atoms with E-state index < -0.39 is 0 Å². The van der Waals surface area contributed by atoms with Crippen molar-refractivity contribution in [1.29, 1.82) is 0 Å². The quantitative estimate of drug-likeness (QED) is 0.555. The third-order valence-electron chi connectivity index (χ3n) is 3.92. The molecule has 2 heteroatoms. The standard InChI is InChI=1S/C18H26N2/c1-2-3-4-5-6-7-8-15-11-14-9-10-17(19)12-16(14)13-18(15)20/h9-13H,2-8,19-20H2,1H3. The first-order chi connectivity index (χ1) is 9.70. The van der Waals surface area contributed by atoms with Crippen molar-refractivity contribution in [1.82, 2.24) is 0 Å². The Morgan fingerprint density at radius 2 is 1.55 bits per heavy atom. The number of hydrogen-bond acceptors (Lipinski definition) is 2. The van der Waals surface area contributed by atoms with Gasteiger partial charge >= 0.3 is 0 Å². The average molecular weight is 270 g/mol. The first-order valence-electron chi connectivity index (χ1n) is 7.78. The van der Waals surface area contributed by atoms with Crippen molar-refractivity contribution in [3.8, 4) is 0 Å². The molecule has 2 aromatic carbocycles. The fraction of sp³-hybridized carbons (Fsp3) is 0.444.